The maximum absolute atomic E-state index is 12.0. The Morgan fingerprint density at radius 1 is 1.26 bits per heavy atom. The summed E-state index contributed by atoms with van der Waals surface area (Å²) in [6.07, 6.45) is 3.13. The van der Waals surface area contributed by atoms with Crippen LogP contribution in [0.1, 0.15) is 10.4 Å². The van der Waals surface area contributed by atoms with Gasteiger partial charge in [-0.25, -0.2) is 0 Å². The third-order valence-electron chi connectivity index (χ3n) is 2.38. The highest BCUT2D eigenvalue weighted by Gasteiger charge is 2.08. The fourth-order valence-electron chi connectivity index (χ4n) is 1.48. The minimum atomic E-state index is -0.224. The van der Waals surface area contributed by atoms with Crippen molar-refractivity contribution in [2.75, 3.05) is 12.4 Å². The molecule has 0 aliphatic carbocycles. The summed E-state index contributed by atoms with van der Waals surface area (Å²) in [5, 5.41) is 2.79. The second-order valence-corrected chi connectivity index (χ2v) is 5.47. The van der Waals surface area contributed by atoms with Crippen LogP contribution >= 0.6 is 31.9 Å². The third-order valence-corrected chi connectivity index (χ3v) is 3.46. The maximum atomic E-state index is 12.0. The molecule has 0 aliphatic rings. The Labute approximate surface area is 127 Å². The van der Waals surface area contributed by atoms with Gasteiger partial charge in [0.2, 0.25) is 0 Å². The highest BCUT2D eigenvalue weighted by atomic mass is 79.9. The molecule has 4 nitrogen and oxygen atoms in total. The molecule has 1 heterocycles. The standard InChI is InChI=1S/C13H10Br2N2O2/c1-19-12-5-10(2-3-11(12)15)17-13(18)8-4-9(14)7-16-6-8/h2-7H,1H3,(H,17,18). The van der Waals surface area contributed by atoms with E-state index in [1.807, 2.05) is 6.07 Å². The topological polar surface area (TPSA) is 51.2 Å². The minimum Gasteiger partial charge on any atom is -0.495 e. The average molecular weight is 386 g/mol. The fourth-order valence-corrected chi connectivity index (χ4v) is 2.25. The first-order valence-corrected chi connectivity index (χ1v) is 6.94. The number of methoxy groups -OCH3 is 1. The smallest absolute Gasteiger partial charge is 0.257 e. The van der Waals surface area contributed by atoms with Crippen molar-refractivity contribution < 1.29 is 9.53 Å². The summed E-state index contributed by atoms with van der Waals surface area (Å²) in [7, 11) is 1.57. The van der Waals surface area contributed by atoms with Crippen LogP contribution in [-0.2, 0) is 0 Å². The highest BCUT2D eigenvalue weighted by molar-refractivity contribution is 9.10. The molecule has 2 aromatic rings. The van der Waals surface area contributed by atoms with Gasteiger partial charge in [-0.3, -0.25) is 9.78 Å². The summed E-state index contributed by atoms with van der Waals surface area (Å²) >= 11 is 6.64. The number of hydrogen-bond acceptors (Lipinski definition) is 3. The first-order chi connectivity index (χ1) is 9.10. The van der Waals surface area contributed by atoms with E-state index in [9.17, 15) is 4.79 Å². The van der Waals surface area contributed by atoms with Gasteiger partial charge in [-0.2, -0.15) is 0 Å². The molecule has 1 N–H and O–H groups in total. The molecular formula is C13H10Br2N2O2. The van der Waals surface area contributed by atoms with Crippen LogP contribution in [0.25, 0.3) is 0 Å². The van der Waals surface area contributed by atoms with Crippen LogP contribution in [0.4, 0.5) is 5.69 Å². The summed E-state index contributed by atoms with van der Waals surface area (Å²) in [5.41, 5.74) is 1.14. The summed E-state index contributed by atoms with van der Waals surface area (Å²) in [6.45, 7) is 0. The molecule has 1 aromatic carbocycles. The highest BCUT2D eigenvalue weighted by Crippen LogP contribution is 2.28. The maximum Gasteiger partial charge on any atom is 0.257 e. The lowest BCUT2D eigenvalue weighted by Gasteiger charge is -2.08. The molecule has 0 atom stereocenters. The number of hydrogen-bond donors (Lipinski definition) is 1. The number of aromatic nitrogens is 1. The van der Waals surface area contributed by atoms with Gasteiger partial charge < -0.3 is 10.1 Å². The van der Waals surface area contributed by atoms with E-state index in [0.717, 1.165) is 8.95 Å². The van der Waals surface area contributed by atoms with Crippen molar-refractivity contribution in [3.05, 3.63) is 51.2 Å². The van der Waals surface area contributed by atoms with Gasteiger partial charge in [0.05, 0.1) is 17.1 Å². The molecule has 19 heavy (non-hydrogen) atoms. The van der Waals surface area contributed by atoms with Gasteiger partial charge in [0.1, 0.15) is 5.75 Å². The Balaban J connectivity index is 2.19. The third kappa shape index (κ3) is 3.54. The van der Waals surface area contributed by atoms with Crippen LogP contribution in [0.5, 0.6) is 5.75 Å². The first kappa shape index (κ1) is 14.0. The van der Waals surface area contributed by atoms with Crippen LogP contribution in [0.2, 0.25) is 0 Å². The van der Waals surface area contributed by atoms with Gasteiger partial charge in [-0.1, -0.05) is 0 Å². The Morgan fingerprint density at radius 3 is 2.74 bits per heavy atom. The van der Waals surface area contributed by atoms with Crippen molar-refractivity contribution in [3.8, 4) is 5.75 Å². The largest absolute Gasteiger partial charge is 0.495 e. The van der Waals surface area contributed by atoms with Crippen molar-refractivity contribution >= 4 is 43.5 Å². The zero-order valence-electron chi connectivity index (χ0n) is 9.98. The number of amides is 1. The molecule has 0 radical (unpaired) electrons. The van der Waals surface area contributed by atoms with Crippen molar-refractivity contribution in [2.24, 2.45) is 0 Å². The van der Waals surface area contributed by atoms with Gasteiger partial charge in [0.25, 0.3) is 5.91 Å². The van der Waals surface area contributed by atoms with E-state index in [2.05, 4.69) is 42.2 Å². The molecule has 0 bridgehead atoms. The second kappa shape index (κ2) is 6.16. The molecule has 0 unspecified atom stereocenters. The Kier molecular flexibility index (Phi) is 4.55. The summed E-state index contributed by atoms with van der Waals surface area (Å²) < 4.78 is 6.76. The van der Waals surface area contributed by atoms with Crippen LogP contribution in [0, 0.1) is 0 Å². The van der Waals surface area contributed by atoms with E-state index in [1.165, 1.54) is 6.20 Å². The molecule has 2 rings (SSSR count). The van der Waals surface area contributed by atoms with E-state index in [0.29, 0.717) is 17.0 Å². The zero-order chi connectivity index (χ0) is 13.8. The Hall–Kier alpha value is -1.40. The van der Waals surface area contributed by atoms with Crippen molar-refractivity contribution in [3.63, 3.8) is 0 Å². The summed E-state index contributed by atoms with van der Waals surface area (Å²) in [6, 6.07) is 7.05. The van der Waals surface area contributed by atoms with E-state index in [-0.39, 0.29) is 5.91 Å². The molecular weight excluding hydrogens is 376 g/mol. The van der Waals surface area contributed by atoms with Crippen molar-refractivity contribution in [1.82, 2.24) is 4.98 Å². The fraction of sp³-hybridized carbons (Fsp3) is 0.0769. The molecule has 0 fully saturated rings. The lowest BCUT2D eigenvalue weighted by molar-refractivity contribution is 0.102. The summed E-state index contributed by atoms with van der Waals surface area (Å²) in [4.78, 5) is 16.0. The molecule has 0 saturated carbocycles. The summed E-state index contributed by atoms with van der Waals surface area (Å²) in [5.74, 6) is 0.434. The average Bonchev–Trinajstić information content (AvgIpc) is 2.41. The van der Waals surface area contributed by atoms with E-state index >= 15 is 0 Å². The number of carbonyl (C=O) groups is 1. The normalized spacial score (nSPS) is 10.1. The monoisotopic (exact) mass is 384 g/mol. The molecule has 1 aromatic heterocycles. The van der Waals surface area contributed by atoms with E-state index < -0.39 is 0 Å². The number of carbonyl (C=O) groups excluding carboxylic acids is 1. The number of nitrogens with one attached hydrogen (secondary N) is 1. The molecule has 6 heteroatoms. The number of anilines is 1. The van der Waals surface area contributed by atoms with Crippen LogP contribution < -0.4 is 10.1 Å². The van der Waals surface area contributed by atoms with E-state index in [4.69, 9.17) is 4.74 Å². The lowest BCUT2D eigenvalue weighted by Crippen LogP contribution is -2.12. The predicted molar refractivity (Wildman–Crippen MR) is 80.6 cm³/mol. The SMILES string of the molecule is COc1cc(NC(=O)c2cncc(Br)c2)ccc1Br. The molecule has 0 spiro atoms. The Bertz CT molecular complexity index is 617. The van der Waals surface area contributed by atoms with E-state index in [1.54, 1.807) is 31.5 Å². The second-order valence-electron chi connectivity index (χ2n) is 3.70. The van der Waals surface area contributed by atoms with Crippen molar-refractivity contribution in [2.45, 2.75) is 0 Å². The van der Waals surface area contributed by atoms with Gasteiger partial charge in [0, 0.05) is 28.6 Å². The van der Waals surface area contributed by atoms with Gasteiger partial charge in [-0.15, -0.1) is 0 Å². The van der Waals surface area contributed by atoms with Gasteiger partial charge in [0.15, 0.2) is 0 Å². The van der Waals surface area contributed by atoms with Crippen LogP contribution in [0.15, 0.2) is 45.6 Å². The number of rotatable bonds is 3. The zero-order valence-corrected chi connectivity index (χ0v) is 13.2. The van der Waals surface area contributed by atoms with Crippen molar-refractivity contribution in [1.29, 1.82) is 0 Å². The number of ether oxygens (including phenoxy) is 1. The first-order valence-electron chi connectivity index (χ1n) is 5.35. The van der Waals surface area contributed by atoms with Gasteiger partial charge in [-0.05, 0) is 50.1 Å². The lowest BCUT2D eigenvalue weighted by atomic mass is 10.2. The molecule has 0 aliphatic heterocycles. The van der Waals surface area contributed by atoms with Crippen LogP contribution in [-0.4, -0.2) is 18.0 Å². The molecule has 98 valence electrons. The quantitative estimate of drug-likeness (QED) is 0.872. The number of nitrogens with zero attached hydrogens (tertiary/aromatic N) is 1. The van der Waals surface area contributed by atoms with Crippen LogP contribution in [0.3, 0.4) is 0 Å². The van der Waals surface area contributed by atoms with Gasteiger partial charge >= 0.3 is 0 Å². The predicted octanol–water partition coefficient (Wildman–Crippen LogP) is 3.87. The number of benzene rings is 1. The molecule has 1 amide bonds. The number of pyridine rings is 1. The molecule has 0 saturated heterocycles. The Morgan fingerprint density at radius 2 is 2.05 bits per heavy atom. The number of halogens is 2. The minimum absolute atomic E-state index is 0.224.